The SMILES string of the molecule is COc1cccc(Cn2c(C)c(CNC3CCCCC3)c(C(=O)[O-])c2C)c1. The maximum absolute atomic E-state index is 11.8. The van der Waals surface area contributed by atoms with Gasteiger partial charge in [-0.15, -0.1) is 0 Å². The topological polar surface area (TPSA) is 66.3 Å². The number of benzene rings is 1. The first-order chi connectivity index (χ1) is 13.0. The Kier molecular flexibility index (Phi) is 6.22. The van der Waals surface area contributed by atoms with Gasteiger partial charge in [-0.2, -0.15) is 0 Å². The molecule has 0 bridgehead atoms. The summed E-state index contributed by atoms with van der Waals surface area (Å²) in [5.41, 5.74) is 3.99. The average molecular weight is 369 g/mol. The van der Waals surface area contributed by atoms with Gasteiger partial charge in [0.15, 0.2) is 0 Å². The second-order valence-corrected chi connectivity index (χ2v) is 7.47. The summed E-state index contributed by atoms with van der Waals surface area (Å²) in [6.45, 7) is 5.05. The minimum Gasteiger partial charge on any atom is -0.545 e. The number of hydrogen-bond acceptors (Lipinski definition) is 4. The molecular weight excluding hydrogens is 340 g/mol. The van der Waals surface area contributed by atoms with Gasteiger partial charge in [0.05, 0.1) is 13.1 Å². The number of aromatic carboxylic acids is 1. The molecule has 2 aromatic rings. The zero-order valence-corrected chi connectivity index (χ0v) is 16.5. The lowest BCUT2D eigenvalue weighted by molar-refractivity contribution is -0.255. The van der Waals surface area contributed by atoms with Crippen molar-refractivity contribution >= 4 is 5.97 Å². The Morgan fingerprint density at radius 3 is 2.63 bits per heavy atom. The molecule has 5 heteroatoms. The Labute approximate surface area is 161 Å². The van der Waals surface area contributed by atoms with Gasteiger partial charge in [0.1, 0.15) is 5.75 Å². The summed E-state index contributed by atoms with van der Waals surface area (Å²) in [5, 5.41) is 15.4. The fourth-order valence-corrected chi connectivity index (χ4v) is 4.18. The molecule has 1 heterocycles. The van der Waals surface area contributed by atoms with E-state index in [4.69, 9.17) is 4.74 Å². The van der Waals surface area contributed by atoms with Gasteiger partial charge >= 0.3 is 0 Å². The van der Waals surface area contributed by atoms with E-state index in [0.717, 1.165) is 28.3 Å². The van der Waals surface area contributed by atoms with Gasteiger partial charge in [0.2, 0.25) is 0 Å². The normalized spacial score (nSPS) is 15.1. The molecule has 0 atom stereocenters. The number of nitrogens with one attached hydrogen (secondary N) is 1. The van der Waals surface area contributed by atoms with Gasteiger partial charge in [0, 0.05) is 36.1 Å². The number of carbonyl (C=O) groups is 1. The third-order valence-electron chi connectivity index (χ3n) is 5.76. The first-order valence-corrected chi connectivity index (χ1v) is 9.77. The van der Waals surface area contributed by atoms with E-state index in [0.29, 0.717) is 24.7 Å². The van der Waals surface area contributed by atoms with Crippen LogP contribution in [0.1, 0.15) is 65.0 Å². The van der Waals surface area contributed by atoms with Crippen molar-refractivity contribution in [2.45, 2.75) is 65.1 Å². The minimum absolute atomic E-state index is 0.332. The summed E-state index contributed by atoms with van der Waals surface area (Å²) in [6.07, 6.45) is 6.14. The summed E-state index contributed by atoms with van der Waals surface area (Å²) in [6, 6.07) is 8.35. The van der Waals surface area contributed by atoms with Gasteiger partial charge in [-0.1, -0.05) is 31.4 Å². The number of carboxylic acids is 1. The number of ether oxygens (including phenoxy) is 1. The summed E-state index contributed by atoms with van der Waals surface area (Å²) < 4.78 is 7.37. The van der Waals surface area contributed by atoms with E-state index in [1.54, 1.807) is 7.11 Å². The van der Waals surface area contributed by atoms with Crippen molar-refractivity contribution < 1.29 is 14.6 Å². The van der Waals surface area contributed by atoms with Gasteiger partial charge < -0.3 is 24.5 Å². The van der Waals surface area contributed by atoms with Crippen molar-refractivity contribution in [3.63, 3.8) is 0 Å². The second kappa shape index (κ2) is 8.61. The second-order valence-electron chi connectivity index (χ2n) is 7.47. The van der Waals surface area contributed by atoms with Crippen LogP contribution in [0.3, 0.4) is 0 Å². The molecule has 1 aliphatic rings. The van der Waals surface area contributed by atoms with Gasteiger partial charge in [-0.3, -0.25) is 0 Å². The van der Waals surface area contributed by atoms with Gasteiger partial charge in [-0.25, -0.2) is 0 Å². The lowest BCUT2D eigenvalue weighted by Crippen LogP contribution is -2.32. The van der Waals surface area contributed by atoms with Gasteiger partial charge in [-0.05, 0) is 49.9 Å². The first-order valence-electron chi connectivity index (χ1n) is 9.77. The largest absolute Gasteiger partial charge is 0.545 e. The molecular formula is C22H29N2O3-. The quantitative estimate of drug-likeness (QED) is 0.815. The highest BCUT2D eigenvalue weighted by atomic mass is 16.5. The molecule has 1 N–H and O–H groups in total. The Bertz CT molecular complexity index is 804. The molecule has 1 aromatic heterocycles. The maximum Gasteiger partial charge on any atom is 0.119 e. The van der Waals surface area contributed by atoms with E-state index in [2.05, 4.69) is 9.88 Å². The number of methoxy groups -OCH3 is 1. The van der Waals surface area contributed by atoms with Crippen LogP contribution < -0.4 is 15.2 Å². The molecule has 1 fully saturated rings. The number of carboxylic acid groups (broad SMARTS) is 1. The van der Waals surface area contributed by atoms with Crippen molar-refractivity contribution in [2.75, 3.05) is 7.11 Å². The number of rotatable bonds is 7. The average Bonchev–Trinajstić information content (AvgIpc) is 2.91. The van der Waals surface area contributed by atoms with Crippen LogP contribution in [0, 0.1) is 13.8 Å². The number of aromatic nitrogens is 1. The molecule has 3 rings (SSSR count). The standard InChI is InChI=1S/C22H30N2O3/c1-15-20(13-23-18-9-5-4-6-10-18)21(22(25)26)16(2)24(15)14-17-8-7-11-19(12-17)27-3/h7-8,11-12,18,23H,4-6,9-10,13-14H2,1-3H3,(H,25,26)/p-1. The van der Waals surface area contributed by atoms with Crippen LogP contribution in [0.25, 0.3) is 0 Å². The number of nitrogens with zero attached hydrogens (tertiary/aromatic N) is 1. The molecule has 0 spiro atoms. The highest BCUT2D eigenvalue weighted by Crippen LogP contribution is 2.25. The predicted molar refractivity (Wildman–Crippen MR) is 104 cm³/mol. The minimum atomic E-state index is -1.10. The van der Waals surface area contributed by atoms with Crippen LogP contribution in [0.2, 0.25) is 0 Å². The van der Waals surface area contributed by atoms with Crippen LogP contribution in [-0.2, 0) is 13.1 Å². The highest BCUT2D eigenvalue weighted by molar-refractivity contribution is 5.89. The van der Waals surface area contributed by atoms with Crippen molar-refractivity contribution in [3.8, 4) is 5.75 Å². The van der Waals surface area contributed by atoms with Crippen LogP contribution in [0.4, 0.5) is 0 Å². The molecule has 146 valence electrons. The predicted octanol–water partition coefficient (Wildman–Crippen LogP) is 2.95. The van der Waals surface area contributed by atoms with Crippen molar-refractivity contribution in [2.24, 2.45) is 0 Å². The summed E-state index contributed by atoms with van der Waals surface area (Å²) in [4.78, 5) is 11.8. The van der Waals surface area contributed by atoms with Crippen LogP contribution in [-0.4, -0.2) is 23.7 Å². The molecule has 1 saturated carbocycles. The Balaban J connectivity index is 1.86. The van der Waals surface area contributed by atoms with Crippen molar-refractivity contribution in [1.82, 2.24) is 9.88 Å². The summed E-state index contributed by atoms with van der Waals surface area (Å²) in [7, 11) is 1.65. The number of hydrogen-bond donors (Lipinski definition) is 1. The molecule has 0 aliphatic heterocycles. The van der Waals surface area contributed by atoms with E-state index in [9.17, 15) is 9.90 Å². The molecule has 27 heavy (non-hydrogen) atoms. The van der Waals surface area contributed by atoms with E-state index in [-0.39, 0.29) is 0 Å². The molecule has 0 unspecified atom stereocenters. The lowest BCUT2D eigenvalue weighted by Gasteiger charge is -2.23. The van der Waals surface area contributed by atoms with E-state index in [1.165, 1.54) is 32.1 Å². The lowest BCUT2D eigenvalue weighted by atomic mass is 9.95. The molecule has 0 saturated heterocycles. The molecule has 0 radical (unpaired) electrons. The summed E-state index contributed by atoms with van der Waals surface area (Å²) in [5.74, 6) is -0.297. The maximum atomic E-state index is 11.8. The molecule has 5 nitrogen and oxygen atoms in total. The summed E-state index contributed by atoms with van der Waals surface area (Å²) >= 11 is 0. The smallest absolute Gasteiger partial charge is 0.119 e. The van der Waals surface area contributed by atoms with Gasteiger partial charge in [0.25, 0.3) is 0 Å². The zero-order valence-electron chi connectivity index (χ0n) is 16.5. The Hall–Kier alpha value is -2.27. The Morgan fingerprint density at radius 2 is 1.96 bits per heavy atom. The van der Waals surface area contributed by atoms with Crippen molar-refractivity contribution in [1.29, 1.82) is 0 Å². The fourth-order valence-electron chi connectivity index (χ4n) is 4.18. The highest BCUT2D eigenvalue weighted by Gasteiger charge is 2.20. The fraction of sp³-hybridized carbons (Fsp3) is 0.500. The van der Waals surface area contributed by atoms with Crippen LogP contribution in [0.5, 0.6) is 5.75 Å². The van der Waals surface area contributed by atoms with E-state index in [1.807, 2.05) is 38.1 Å². The third-order valence-corrected chi connectivity index (χ3v) is 5.76. The molecule has 0 amide bonds. The van der Waals surface area contributed by atoms with Crippen LogP contribution in [0.15, 0.2) is 24.3 Å². The monoisotopic (exact) mass is 369 g/mol. The number of carbonyl (C=O) groups excluding carboxylic acids is 1. The van der Waals surface area contributed by atoms with E-state index >= 15 is 0 Å². The van der Waals surface area contributed by atoms with E-state index < -0.39 is 5.97 Å². The van der Waals surface area contributed by atoms with Crippen LogP contribution >= 0.6 is 0 Å². The Morgan fingerprint density at radius 1 is 1.22 bits per heavy atom. The third kappa shape index (κ3) is 4.35. The first kappa shape index (κ1) is 19.5. The zero-order chi connectivity index (χ0) is 19.4. The molecule has 1 aliphatic carbocycles. The molecule has 1 aromatic carbocycles. The van der Waals surface area contributed by atoms with Crippen molar-refractivity contribution in [3.05, 3.63) is 52.3 Å².